The molecule has 0 aliphatic carbocycles. The van der Waals surface area contributed by atoms with Crippen LogP contribution in [0.2, 0.25) is 0 Å². The van der Waals surface area contributed by atoms with Gasteiger partial charge < -0.3 is 14.6 Å². The first kappa shape index (κ1) is 13.6. The first-order valence-electron chi connectivity index (χ1n) is 5.57. The van der Waals surface area contributed by atoms with Crippen molar-refractivity contribution in [3.63, 3.8) is 0 Å². The molecule has 0 fully saturated rings. The number of rotatable bonds is 5. The Hall–Kier alpha value is -1.50. The number of hydrogen-bond acceptors (Lipinski definition) is 3. The summed E-state index contributed by atoms with van der Waals surface area (Å²) in [4.78, 5) is 0. The molecule has 1 rings (SSSR count). The molecule has 17 heavy (non-hydrogen) atoms. The summed E-state index contributed by atoms with van der Waals surface area (Å²) in [5.74, 6) is 6.29. The lowest BCUT2D eigenvalue weighted by Gasteiger charge is -2.10. The summed E-state index contributed by atoms with van der Waals surface area (Å²) >= 11 is 0. The average molecular weight is 234 g/mol. The van der Waals surface area contributed by atoms with Gasteiger partial charge >= 0.3 is 0 Å². The highest BCUT2D eigenvalue weighted by Gasteiger charge is 2.01. The molecule has 3 heteroatoms. The summed E-state index contributed by atoms with van der Waals surface area (Å²) in [6, 6.07) is 7.78. The number of hydrogen-bond donors (Lipinski definition) is 1. The van der Waals surface area contributed by atoms with Crippen molar-refractivity contribution >= 4 is 0 Å². The fraction of sp³-hybridized carbons (Fsp3) is 0.429. The molecule has 1 atom stereocenters. The molecule has 0 amide bonds. The van der Waals surface area contributed by atoms with E-state index >= 15 is 0 Å². The van der Waals surface area contributed by atoms with Gasteiger partial charge in [-0.2, -0.15) is 0 Å². The Labute approximate surface area is 102 Å². The molecule has 1 aromatic carbocycles. The van der Waals surface area contributed by atoms with Crippen molar-refractivity contribution < 1.29 is 14.6 Å². The maximum absolute atomic E-state index is 8.51. The molecule has 1 aromatic rings. The fourth-order valence-electron chi connectivity index (χ4n) is 1.29. The average Bonchev–Trinajstić information content (AvgIpc) is 2.37. The third-order valence-electron chi connectivity index (χ3n) is 2.29. The molecule has 0 heterocycles. The minimum Gasteiger partial charge on any atom is -0.497 e. The number of aliphatic hydroxyl groups excluding tert-OH is 1. The van der Waals surface area contributed by atoms with E-state index in [-0.39, 0.29) is 12.7 Å². The molecule has 0 saturated heterocycles. The molecular formula is C14H18O3. The SMILES string of the molecule is COc1ccc(CO[C@H](C)CC#CCO)cc1. The van der Waals surface area contributed by atoms with Gasteiger partial charge in [0.05, 0.1) is 19.8 Å². The summed E-state index contributed by atoms with van der Waals surface area (Å²) in [5.41, 5.74) is 1.10. The van der Waals surface area contributed by atoms with Crippen molar-refractivity contribution in [2.75, 3.05) is 13.7 Å². The summed E-state index contributed by atoms with van der Waals surface area (Å²) < 4.78 is 10.7. The van der Waals surface area contributed by atoms with Crippen LogP contribution in [0.1, 0.15) is 18.9 Å². The van der Waals surface area contributed by atoms with E-state index in [1.807, 2.05) is 31.2 Å². The zero-order valence-corrected chi connectivity index (χ0v) is 10.3. The van der Waals surface area contributed by atoms with Crippen molar-refractivity contribution in [1.29, 1.82) is 0 Å². The van der Waals surface area contributed by atoms with E-state index in [2.05, 4.69) is 11.8 Å². The van der Waals surface area contributed by atoms with E-state index < -0.39 is 0 Å². The van der Waals surface area contributed by atoms with E-state index in [1.165, 1.54) is 0 Å². The molecule has 0 aliphatic rings. The number of methoxy groups -OCH3 is 1. The Bertz CT molecular complexity index is 373. The Morgan fingerprint density at radius 1 is 1.24 bits per heavy atom. The molecule has 0 aromatic heterocycles. The largest absolute Gasteiger partial charge is 0.497 e. The van der Waals surface area contributed by atoms with E-state index in [4.69, 9.17) is 14.6 Å². The van der Waals surface area contributed by atoms with Gasteiger partial charge in [-0.1, -0.05) is 24.0 Å². The Morgan fingerprint density at radius 3 is 2.53 bits per heavy atom. The van der Waals surface area contributed by atoms with Gasteiger partial charge in [-0.3, -0.25) is 0 Å². The van der Waals surface area contributed by atoms with Gasteiger partial charge in [0.15, 0.2) is 0 Å². The topological polar surface area (TPSA) is 38.7 Å². The predicted molar refractivity (Wildman–Crippen MR) is 66.7 cm³/mol. The van der Waals surface area contributed by atoms with Crippen LogP contribution < -0.4 is 4.74 Å². The van der Waals surface area contributed by atoms with Crippen LogP contribution in [0.15, 0.2) is 24.3 Å². The van der Waals surface area contributed by atoms with Crippen LogP contribution in [0.3, 0.4) is 0 Å². The zero-order valence-electron chi connectivity index (χ0n) is 10.3. The Kier molecular flexibility index (Phi) is 6.16. The second-order valence-corrected chi connectivity index (χ2v) is 3.69. The fourth-order valence-corrected chi connectivity index (χ4v) is 1.29. The van der Waals surface area contributed by atoms with Crippen molar-refractivity contribution in [1.82, 2.24) is 0 Å². The maximum Gasteiger partial charge on any atom is 0.118 e. The lowest BCUT2D eigenvalue weighted by atomic mass is 10.2. The first-order valence-corrected chi connectivity index (χ1v) is 5.57. The quantitative estimate of drug-likeness (QED) is 0.792. The molecule has 3 nitrogen and oxygen atoms in total. The molecule has 0 spiro atoms. The van der Waals surface area contributed by atoms with E-state index in [9.17, 15) is 0 Å². The predicted octanol–water partition coefficient (Wildman–Crippen LogP) is 1.99. The van der Waals surface area contributed by atoms with Gasteiger partial charge in [0.25, 0.3) is 0 Å². The van der Waals surface area contributed by atoms with E-state index in [0.717, 1.165) is 11.3 Å². The monoisotopic (exact) mass is 234 g/mol. The van der Waals surface area contributed by atoms with Crippen molar-refractivity contribution in [2.45, 2.75) is 26.1 Å². The molecule has 0 aliphatic heterocycles. The smallest absolute Gasteiger partial charge is 0.118 e. The Balaban J connectivity index is 2.33. The van der Waals surface area contributed by atoms with Crippen LogP contribution in [0.25, 0.3) is 0 Å². The van der Waals surface area contributed by atoms with Crippen LogP contribution in [0, 0.1) is 11.8 Å². The summed E-state index contributed by atoms with van der Waals surface area (Å²) in [6.07, 6.45) is 0.702. The van der Waals surface area contributed by atoms with Gasteiger partial charge in [-0.25, -0.2) is 0 Å². The summed E-state index contributed by atoms with van der Waals surface area (Å²) in [7, 11) is 1.65. The standard InChI is InChI=1S/C14H18O3/c1-12(5-3-4-10-15)17-11-13-6-8-14(16-2)9-7-13/h6-9,12,15H,5,10-11H2,1-2H3/t12-/m1/s1. The molecular weight excluding hydrogens is 216 g/mol. The van der Waals surface area contributed by atoms with Crippen LogP contribution in [0.5, 0.6) is 5.75 Å². The molecule has 92 valence electrons. The minimum absolute atomic E-state index is 0.0659. The third kappa shape index (κ3) is 5.39. The van der Waals surface area contributed by atoms with Gasteiger partial charge in [-0.15, -0.1) is 0 Å². The Morgan fingerprint density at radius 2 is 1.94 bits per heavy atom. The second kappa shape index (κ2) is 7.72. The van der Waals surface area contributed by atoms with Gasteiger partial charge in [-0.05, 0) is 24.6 Å². The van der Waals surface area contributed by atoms with Gasteiger partial charge in [0, 0.05) is 6.42 Å². The van der Waals surface area contributed by atoms with Gasteiger partial charge in [0.1, 0.15) is 12.4 Å². The van der Waals surface area contributed by atoms with Crippen LogP contribution in [0.4, 0.5) is 0 Å². The lowest BCUT2D eigenvalue weighted by Crippen LogP contribution is -2.07. The molecule has 1 N–H and O–H groups in total. The highest BCUT2D eigenvalue weighted by molar-refractivity contribution is 5.26. The van der Waals surface area contributed by atoms with Crippen LogP contribution in [-0.4, -0.2) is 24.9 Å². The second-order valence-electron chi connectivity index (χ2n) is 3.69. The van der Waals surface area contributed by atoms with Gasteiger partial charge in [0.2, 0.25) is 0 Å². The molecule has 0 unspecified atom stereocenters. The number of benzene rings is 1. The van der Waals surface area contributed by atoms with Crippen LogP contribution >= 0.6 is 0 Å². The molecule has 0 bridgehead atoms. The third-order valence-corrected chi connectivity index (χ3v) is 2.29. The van der Waals surface area contributed by atoms with E-state index in [1.54, 1.807) is 7.11 Å². The van der Waals surface area contributed by atoms with Crippen molar-refractivity contribution in [3.8, 4) is 17.6 Å². The summed E-state index contributed by atoms with van der Waals surface area (Å²) in [6.45, 7) is 2.44. The van der Waals surface area contributed by atoms with Crippen molar-refractivity contribution in [2.24, 2.45) is 0 Å². The number of aliphatic hydroxyl groups is 1. The highest BCUT2D eigenvalue weighted by atomic mass is 16.5. The summed E-state index contributed by atoms with van der Waals surface area (Å²) in [5, 5.41) is 8.51. The lowest BCUT2D eigenvalue weighted by molar-refractivity contribution is 0.0566. The van der Waals surface area contributed by atoms with Crippen LogP contribution in [-0.2, 0) is 11.3 Å². The normalized spacial score (nSPS) is 11.5. The number of ether oxygens (including phenoxy) is 2. The first-order chi connectivity index (χ1) is 8.26. The molecule has 0 saturated carbocycles. The zero-order chi connectivity index (χ0) is 12.5. The van der Waals surface area contributed by atoms with E-state index in [0.29, 0.717) is 13.0 Å². The maximum atomic E-state index is 8.51. The minimum atomic E-state index is -0.0921. The highest BCUT2D eigenvalue weighted by Crippen LogP contribution is 2.12. The molecule has 0 radical (unpaired) electrons. The van der Waals surface area contributed by atoms with Crippen molar-refractivity contribution in [3.05, 3.63) is 29.8 Å².